The van der Waals surface area contributed by atoms with Gasteiger partial charge in [0.2, 0.25) is 5.89 Å². The maximum atomic E-state index is 10.8. The molecule has 0 radical (unpaired) electrons. The maximum absolute atomic E-state index is 10.8. The van der Waals surface area contributed by atoms with E-state index in [1.54, 1.807) is 36.7 Å². The van der Waals surface area contributed by atoms with Crippen LogP contribution in [-0.2, 0) is 5.75 Å². The van der Waals surface area contributed by atoms with Gasteiger partial charge >= 0.3 is 0 Å². The molecule has 0 aliphatic heterocycles. The number of carbonyl (C=O) groups is 1. The Bertz CT molecular complexity index is 789. The van der Waals surface area contributed by atoms with Crippen molar-refractivity contribution in [3.8, 4) is 11.5 Å². The Morgan fingerprint density at radius 3 is 2.77 bits per heavy atom. The first-order valence-corrected chi connectivity index (χ1v) is 7.38. The van der Waals surface area contributed by atoms with Crippen molar-refractivity contribution in [2.75, 3.05) is 0 Å². The first-order valence-electron chi connectivity index (χ1n) is 6.39. The van der Waals surface area contributed by atoms with Crippen molar-refractivity contribution in [2.45, 2.75) is 11.0 Å². The highest BCUT2D eigenvalue weighted by molar-refractivity contribution is 7.98. The first kappa shape index (κ1) is 14.3. The minimum Gasteiger partial charge on any atom is -0.545 e. The van der Waals surface area contributed by atoms with Crippen LogP contribution in [0.1, 0.15) is 15.9 Å². The summed E-state index contributed by atoms with van der Waals surface area (Å²) < 4.78 is 5.55. The lowest BCUT2D eigenvalue weighted by Gasteiger charge is -2.04. The molecule has 1 aromatic carbocycles. The second-order valence-corrected chi connectivity index (χ2v) is 5.31. The Hall–Kier alpha value is -2.67. The van der Waals surface area contributed by atoms with Gasteiger partial charge in [-0.15, -0.1) is 10.2 Å². The predicted octanol–water partition coefficient (Wildman–Crippen LogP) is 1.79. The van der Waals surface area contributed by atoms with Gasteiger partial charge in [0.15, 0.2) is 0 Å². The Labute approximate surface area is 130 Å². The molecule has 22 heavy (non-hydrogen) atoms. The topological polar surface area (TPSA) is 91.9 Å². The molecule has 3 aromatic rings. The average Bonchev–Trinajstić information content (AvgIpc) is 3.03. The van der Waals surface area contributed by atoms with Crippen LogP contribution < -0.4 is 5.11 Å². The summed E-state index contributed by atoms with van der Waals surface area (Å²) in [5.41, 5.74) is 1.80. The third-order valence-electron chi connectivity index (χ3n) is 2.86. The predicted molar refractivity (Wildman–Crippen MR) is 77.9 cm³/mol. The summed E-state index contributed by atoms with van der Waals surface area (Å²) in [5.74, 6) is -0.239. The molecule has 7 heteroatoms. The summed E-state index contributed by atoms with van der Waals surface area (Å²) >= 11 is 1.34. The Morgan fingerprint density at radius 2 is 2.00 bits per heavy atom. The summed E-state index contributed by atoms with van der Waals surface area (Å²) in [4.78, 5) is 14.8. The van der Waals surface area contributed by atoms with Crippen LogP contribution in [-0.4, -0.2) is 21.2 Å². The summed E-state index contributed by atoms with van der Waals surface area (Å²) in [6, 6.07) is 10.1. The lowest BCUT2D eigenvalue weighted by Crippen LogP contribution is -2.22. The number of nitrogens with zero attached hydrogens (tertiary/aromatic N) is 3. The van der Waals surface area contributed by atoms with Gasteiger partial charge < -0.3 is 14.3 Å². The van der Waals surface area contributed by atoms with Crippen molar-refractivity contribution < 1.29 is 14.3 Å². The molecule has 0 unspecified atom stereocenters. The average molecular weight is 312 g/mol. The molecule has 0 saturated carbocycles. The van der Waals surface area contributed by atoms with Crippen LogP contribution in [0.2, 0.25) is 0 Å². The highest BCUT2D eigenvalue weighted by atomic mass is 32.2. The fourth-order valence-corrected chi connectivity index (χ4v) is 2.52. The highest BCUT2D eigenvalue weighted by Crippen LogP contribution is 2.25. The number of carboxylic acids is 1. The molecule has 0 fully saturated rings. The van der Waals surface area contributed by atoms with Gasteiger partial charge in [-0.05, 0) is 29.3 Å². The van der Waals surface area contributed by atoms with Crippen molar-refractivity contribution in [1.82, 2.24) is 15.2 Å². The second-order valence-electron chi connectivity index (χ2n) is 4.39. The number of carbonyl (C=O) groups excluding carboxylic acids is 1. The van der Waals surface area contributed by atoms with Gasteiger partial charge in [0.25, 0.3) is 5.22 Å². The molecule has 6 nitrogen and oxygen atoms in total. The Kier molecular flexibility index (Phi) is 4.15. The van der Waals surface area contributed by atoms with Gasteiger partial charge in [0.1, 0.15) is 0 Å². The van der Waals surface area contributed by atoms with Crippen LogP contribution in [0.5, 0.6) is 0 Å². The van der Waals surface area contributed by atoms with E-state index in [-0.39, 0.29) is 5.56 Å². The van der Waals surface area contributed by atoms with E-state index in [2.05, 4.69) is 15.2 Å². The number of aromatic carboxylic acids is 1. The van der Waals surface area contributed by atoms with Crippen LogP contribution >= 0.6 is 11.8 Å². The summed E-state index contributed by atoms with van der Waals surface area (Å²) in [6.45, 7) is 0. The van der Waals surface area contributed by atoms with Crippen molar-refractivity contribution in [1.29, 1.82) is 0 Å². The smallest absolute Gasteiger partial charge is 0.277 e. The van der Waals surface area contributed by atoms with Crippen LogP contribution in [0.4, 0.5) is 0 Å². The fourth-order valence-electron chi connectivity index (χ4n) is 1.81. The maximum Gasteiger partial charge on any atom is 0.277 e. The second kappa shape index (κ2) is 6.40. The number of hydrogen-bond acceptors (Lipinski definition) is 7. The number of aromatic nitrogens is 3. The fraction of sp³-hybridized carbons (Fsp3) is 0.0667. The van der Waals surface area contributed by atoms with E-state index in [1.165, 1.54) is 17.8 Å². The van der Waals surface area contributed by atoms with E-state index in [0.29, 0.717) is 16.9 Å². The zero-order chi connectivity index (χ0) is 15.4. The normalized spacial score (nSPS) is 10.5. The van der Waals surface area contributed by atoms with Crippen LogP contribution in [0.25, 0.3) is 11.5 Å². The third-order valence-corrected chi connectivity index (χ3v) is 3.75. The molecule has 0 atom stereocenters. The van der Waals surface area contributed by atoms with Crippen molar-refractivity contribution in [2.24, 2.45) is 0 Å². The monoisotopic (exact) mass is 312 g/mol. The van der Waals surface area contributed by atoms with Gasteiger partial charge in [0, 0.05) is 23.7 Å². The number of pyridine rings is 1. The lowest BCUT2D eigenvalue weighted by atomic mass is 10.1. The summed E-state index contributed by atoms with van der Waals surface area (Å²) in [6.07, 6.45) is 3.30. The van der Waals surface area contributed by atoms with Gasteiger partial charge in [0.05, 0.1) is 5.97 Å². The Morgan fingerprint density at radius 1 is 1.18 bits per heavy atom. The zero-order valence-corrected chi connectivity index (χ0v) is 12.1. The number of carboxylic acid groups (broad SMARTS) is 1. The zero-order valence-electron chi connectivity index (χ0n) is 11.3. The van der Waals surface area contributed by atoms with Crippen LogP contribution in [0.15, 0.2) is 58.4 Å². The van der Waals surface area contributed by atoms with E-state index in [9.17, 15) is 9.90 Å². The molecular weight excluding hydrogens is 302 g/mol. The van der Waals surface area contributed by atoms with E-state index in [4.69, 9.17) is 4.42 Å². The number of hydrogen-bond donors (Lipinski definition) is 0. The standard InChI is InChI=1S/C15H11N3O3S/c19-14(20)12-3-1-2-10(8-12)9-22-15-18-17-13(21-15)11-4-6-16-7-5-11/h1-8H,9H2,(H,19,20)/p-1. The molecule has 0 amide bonds. The first-order chi connectivity index (χ1) is 10.7. The minimum atomic E-state index is -1.19. The van der Waals surface area contributed by atoms with E-state index in [1.807, 2.05) is 6.07 Å². The largest absolute Gasteiger partial charge is 0.545 e. The third kappa shape index (κ3) is 3.32. The van der Waals surface area contributed by atoms with E-state index in [0.717, 1.165) is 11.1 Å². The SMILES string of the molecule is O=C([O-])c1cccc(CSc2nnc(-c3ccncc3)o2)c1. The van der Waals surface area contributed by atoms with Gasteiger partial charge in [-0.3, -0.25) is 4.98 Å². The molecule has 0 saturated heterocycles. The molecular formula is C15H10N3O3S-. The molecule has 110 valence electrons. The lowest BCUT2D eigenvalue weighted by molar-refractivity contribution is -0.255. The van der Waals surface area contributed by atoms with Crippen molar-refractivity contribution >= 4 is 17.7 Å². The quantitative estimate of drug-likeness (QED) is 0.663. The van der Waals surface area contributed by atoms with E-state index < -0.39 is 5.97 Å². The molecule has 3 rings (SSSR count). The molecule has 0 N–H and O–H groups in total. The molecule has 2 aromatic heterocycles. The van der Waals surface area contributed by atoms with Crippen molar-refractivity contribution in [3.63, 3.8) is 0 Å². The molecule has 0 spiro atoms. The number of thioether (sulfide) groups is 1. The van der Waals surface area contributed by atoms with Gasteiger partial charge in [-0.25, -0.2) is 0 Å². The van der Waals surface area contributed by atoms with Gasteiger partial charge in [-0.2, -0.15) is 0 Å². The molecule has 0 aliphatic rings. The van der Waals surface area contributed by atoms with Crippen LogP contribution in [0.3, 0.4) is 0 Å². The Balaban J connectivity index is 1.69. The minimum absolute atomic E-state index is 0.154. The van der Waals surface area contributed by atoms with E-state index >= 15 is 0 Å². The highest BCUT2D eigenvalue weighted by Gasteiger charge is 2.09. The van der Waals surface area contributed by atoms with Crippen LogP contribution in [0, 0.1) is 0 Å². The molecule has 2 heterocycles. The molecule has 0 aliphatic carbocycles. The summed E-state index contributed by atoms with van der Waals surface area (Å²) in [7, 11) is 0. The van der Waals surface area contributed by atoms with Gasteiger partial charge in [-0.1, -0.05) is 30.0 Å². The number of benzene rings is 1. The summed E-state index contributed by atoms with van der Waals surface area (Å²) in [5, 5.41) is 19.2. The molecule has 0 bridgehead atoms. The number of rotatable bonds is 5. The van der Waals surface area contributed by atoms with Crippen molar-refractivity contribution in [3.05, 3.63) is 59.9 Å².